The van der Waals surface area contributed by atoms with Crippen LogP contribution in [-0.4, -0.2) is 9.91 Å². The minimum atomic E-state index is -1.43. The second-order valence-corrected chi connectivity index (χ2v) is 2.75. The molecule has 0 fully saturated rings. The zero-order valence-corrected chi connectivity index (χ0v) is 7.00. The molecule has 1 aromatic heterocycles. The molecule has 1 N–H and O–H groups in total. The monoisotopic (exact) mass is 218 g/mol. The molecule has 0 bridgehead atoms. The number of benzene rings is 1. The number of halogens is 3. The van der Waals surface area contributed by atoms with Crippen LogP contribution < -0.4 is 4.79 Å². The zero-order chi connectivity index (χ0) is 11.2. The van der Waals surface area contributed by atoms with Crippen LogP contribution in [0.3, 0.4) is 0 Å². The van der Waals surface area contributed by atoms with E-state index in [4.69, 9.17) is 0 Å². The number of hydrogen-bond acceptors (Lipinski definition) is 2. The average Bonchev–Trinajstić information content (AvgIpc) is 2.45. The summed E-state index contributed by atoms with van der Waals surface area (Å²) in [5, 5.41) is 10.3. The first-order valence-corrected chi connectivity index (χ1v) is 3.74. The molecule has 0 amide bonds. The van der Waals surface area contributed by atoms with Crippen LogP contribution in [-0.2, 0) is 0 Å². The van der Waals surface area contributed by atoms with E-state index in [0.29, 0.717) is 0 Å². The van der Waals surface area contributed by atoms with Crippen LogP contribution in [0.15, 0.2) is 12.1 Å². The van der Waals surface area contributed by atoms with E-state index < -0.39 is 38.3 Å². The molecule has 0 saturated heterocycles. The first-order valence-electron chi connectivity index (χ1n) is 3.74. The number of nitro groups is 1. The second-order valence-electron chi connectivity index (χ2n) is 2.75. The van der Waals surface area contributed by atoms with Crippen molar-refractivity contribution >= 4 is 16.7 Å². The molecular weight excluding hydrogens is 215 g/mol. The molecule has 5 nitrogen and oxygen atoms in total. The van der Waals surface area contributed by atoms with Gasteiger partial charge in [0.2, 0.25) is 11.0 Å². The molecule has 0 spiro atoms. The fraction of sp³-hybridized carbons (Fsp3) is 0. The maximum atomic E-state index is 13.3. The molecule has 2 rings (SSSR count). The van der Waals surface area contributed by atoms with Gasteiger partial charge in [0.15, 0.2) is 0 Å². The van der Waals surface area contributed by atoms with E-state index in [9.17, 15) is 23.4 Å². The smallest absolute Gasteiger partial charge is 0.258 e. The van der Waals surface area contributed by atoms with Crippen LogP contribution in [0.4, 0.5) is 18.9 Å². The molecule has 0 aliphatic rings. The first kappa shape index (κ1) is 9.44. The van der Waals surface area contributed by atoms with Crippen molar-refractivity contribution in [3.63, 3.8) is 0 Å². The van der Waals surface area contributed by atoms with Gasteiger partial charge in [0.05, 0.1) is 4.92 Å². The van der Waals surface area contributed by atoms with Crippen molar-refractivity contribution in [1.82, 2.24) is 4.98 Å². The van der Waals surface area contributed by atoms with E-state index in [0.717, 1.165) is 12.1 Å². The van der Waals surface area contributed by atoms with Crippen molar-refractivity contribution in [1.29, 1.82) is 0 Å². The summed E-state index contributed by atoms with van der Waals surface area (Å²) in [6, 6.07) is 1.68. The van der Waals surface area contributed by atoms with E-state index in [1.807, 2.05) is 0 Å². The Kier molecular flexibility index (Phi) is 1.85. The standard InChI is InChI=1S/C7H2F3N3O2/c8-5-3(13(14)15)1-2-4-6(5)11-7(9)12(4)10/h1-2H/p+1. The lowest BCUT2D eigenvalue weighted by Gasteiger charge is -1.90. The first-order chi connectivity index (χ1) is 7.02. The zero-order valence-electron chi connectivity index (χ0n) is 7.00. The van der Waals surface area contributed by atoms with Crippen LogP contribution in [0.2, 0.25) is 0 Å². The number of imidazole rings is 1. The van der Waals surface area contributed by atoms with Crippen molar-refractivity contribution in [2.75, 3.05) is 0 Å². The average molecular weight is 218 g/mol. The van der Waals surface area contributed by atoms with Gasteiger partial charge in [0, 0.05) is 21.4 Å². The minimum absolute atomic E-state index is 0.428. The summed E-state index contributed by atoms with van der Waals surface area (Å²) in [5.74, 6) is -1.30. The van der Waals surface area contributed by atoms with Gasteiger partial charge in [-0.15, -0.1) is 4.39 Å². The predicted octanol–water partition coefficient (Wildman–Crippen LogP) is 1.37. The number of nitrogens with zero attached hydrogens (tertiary/aromatic N) is 2. The van der Waals surface area contributed by atoms with Crippen LogP contribution in [0, 0.1) is 22.0 Å². The largest absolute Gasteiger partial charge is 0.481 e. The minimum Gasteiger partial charge on any atom is -0.258 e. The summed E-state index contributed by atoms with van der Waals surface area (Å²) in [6.45, 7) is 0. The van der Waals surface area contributed by atoms with Crippen LogP contribution in [0.5, 0.6) is 0 Å². The van der Waals surface area contributed by atoms with E-state index in [-0.39, 0.29) is 0 Å². The van der Waals surface area contributed by atoms with Crippen LogP contribution >= 0.6 is 0 Å². The van der Waals surface area contributed by atoms with E-state index >= 15 is 0 Å². The third-order valence-corrected chi connectivity index (χ3v) is 1.91. The molecule has 0 aliphatic heterocycles. The van der Waals surface area contributed by atoms with Crippen molar-refractivity contribution in [2.45, 2.75) is 0 Å². The Morgan fingerprint density at radius 2 is 2.07 bits per heavy atom. The van der Waals surface area contributed by atoms with Gasteiger partial charge >= 0.3 is 11.8 Å². The van der Waals surface area contributed by atoms with Crippen LogP contribution in [0.25, 0.3) is 11.0 Å². The Morgan fingerprint density at radius 1 is 1.40 bits per heavy atom. The number of nitrogens with one attached hydrogen (secondary N) is 1. The SMILES string of the molecule is O=[N+]([O-])c1ccc2c([nH]c(F)[n+]2F)c1F. The number of nitro benzene ring substituents is 1. The normalized spacial score (nSPS) is 10.9. The molecule has 78 valence electrons. The quantitative estimate of drug-likeness (QED) is 0.580. The molecule has 0 saturated carbocycles. The highest BCUT2D eigenvalue weighted by Crippen LogP contribution is 2.23. The highest BCUT2D eigenvalue weighted by atomic mass is 19.2. The Bertz CT molecular complexity index is 566. The van der Waals surface area contributed by atoms with Gasteiger partial charge in [-0.05, 0) is 0 Å². The Labute approximate surface area is 79.8 Å². The van der Waals surface area contributed by atoms with E-state index in [1.54, 1.807) is 4.98 Å². The lowest BCUT2D eigenvalue weighted by atomic mass is 10.2. The summed E-state index contributed by atoms with van der Waals surface area (Å²) in [5.41, 5.74) is -1.86. The fourth-order valence-corrected chi connectivity index (χ4v) is 1.24. The summed E-state index contributed by atoms with van der Waals surface area (Å²) < 4.78 is 38.8. The molecule has 1 heterocycles. The van der Waals surface area contributed by atoms with Crippen molar-refractivity contribution in [3.8, 4) is 0 Å². The molecule has 0 aliphatic carbocycles. The second kappa shape index (κ2) is 2.94. The van der Waals surface area contributed by atoms with Crippen LogP contribution in [0.1, 0.15) is 0 Å². The lowest BCUT2D eigenvalue weighted by Crippen LogP contribution is -2.24. The van der Waals surface area contributed by atoms with Gasteiger partial charge in [0.1, 0.15) is 0 Å². The van der Waals surface area contributed by atoms with Gasteiger partial charge in [-0.1, -0.05) is 0 Å². The van der Waals surface area contributed by atoms with Gasteiger partial charge in [0.25, 0.3) is 5.82 Å². The van der Waals surface area contributed by atoms with Crippen molar-refractivity contribution < 1.29 is 23.0 Å². The van der Waals surface area contributed by atoms with E-state index in [2.05, 4.69) is 0 Å². The third kappa shape index (κ3) is 1.22. The topological polar surface area (TPSA) is 62.8 Å². The molecular formula is C7H3F3N3O2+. The van der Waals surface area contributed by atoms with Gasteiger partial charge in [-0.25, -0.2) is 4.98 Å². The number of fused-ring (bicyclic) bond motifs is 1. The highest BCUT2D eigenvalue weighted by molar-refractivity contribution is 5.75. The highest BCUT2D eigenvalue weighted by Gasteiger charge is 2.27. The summed E-state index contributed by atoms with van der Waals surface area (Å²) in [4.78, 5) is 10.6. The number of aromatic amines is 1. The van der Waals surface area contributed by atoms with Gasteiger partial charge in [-0.2, -0.15) is 4.39 Å². The lowest BCUT2D eigenvalue weighted by molar-refractivity contribution is -0.844. The number of H-pyrrole nitrogens is 1. The third-order valence-electron chi connectivity index (χ3n) is 1.91. The summed E-state index contributed by atoms with van der Waals surface area (Å²) in [7, 11) is 0. The molecule has 2 aromatic rings. The fourth-order valence-electron chi connectivity index (χ4n) is 1.24. The van der Waals surface area contributed by atoms with Gasteiger partial charge < -0.3 is 0 Å². The van der Waals surface area contributed by atoms with Crippen molar-refractivity contribution in [3.05, 3.63) is 34.1 Å². The van der Waals surface area contributed by atoms with Gasteiger partial charge in [-0.3, -0.25) is 10.1 Å². The number of aromatic nitrogens is 2. The molecule has 8 heteroatoms. The molecule has 0 radical (unpaired) electrons. The maximum Gasteiger partial charge on any atom is 0.481 e. The Balaban J connectivity index is 2.85. The summed E-state index contributed by atoms with van der Waals surface area (Å²) in [6.07, 6.45) is -1.43. The molecule has 15 heavy (non-hydrogen) atoms. The molecule has 0 atom stereocenters. The summed E-state index contributed by atoms with van der Waals surface area (Å²) >= 11 is 0. The number of hydrogen-bond donors (Lipinski definition) is 1. The Hall–Kier alpha value is -2.12. The van der Waals surface area contributed by atoms with Crippen molar-refractivity contribution in [2.24, 2.45) is 0 Å². The number of rotatable bonds is 1. The molecule has 0 unspecified atom stereocenters. The van der Waals surface area contributed by atoms with E-state index in [1.165, 1.54) is 0 Å². The maximum absolute atomic E-state index is 13.3. The molecule has 1 aromatic carbocycles. The predicted molar refractivity (Wildman–Crippen MR) is 41.6 cm³/mol. The Morgan fingerprint density at radius 3 is 2.67 bits per heavy atom.